The van der Waals surface area contributed by atoms with Gasteiger partial charge in [-0.15, -0.1) is 0 Å². The zero-order valence-electron chi connectivity index (χ0n) is 18.0. The van der Waals surface area contributed by atoms with Crippen LogP contribution in [-0.2, 0) is 17.9 Å². The van der Waals surface area contributed by atoms with Crippen LogP contribution in [0.4, 0.5) is 0 Å². The number of ether oxygens (including phenoxy) is 2. The summed E-state index contributed by atoms with van der Waals surface area (Å²) in [6, 6.07) is 23.0. The molecule has 0 unspecified atom stereocenters. The minimum atomic E-state index is -0.0881. The van der Waals surface area contributed by atoms with E-state index in [4.69, 9.17) is 33.3 Å². The first-order valence-electron chi connectivity index (χ1n) is 10.5. The topological polar surface area (TPSA) is 38.8 Å². The lowest BCUT2D eigenvalue weighted by atomic mass is 10.1. The number of carbonyl (C=O) groups excluding carboxylic acids is 1. The average molecular weight is 496 g/mol. The van der Waals surface area contributed by atoms with Crippen molar-refractivity contribution in [2.24, 2.45) is 0 Å². The number of hydrogen-bond donors (Lipinski definition) is 0. The second-order valence-electron chi connectivity index (χ2n) is 7.31. The summed E-state index contributed by atoms with van der Waals surface area (Å²) in [7, 11) is 0. The number of thioether (sulfide) groups is 1. The highest BCUT2D eigenvalue weighted by Crippen LogP contribution is 2.35. The third-order valence-corrected chi connectivity index (χ3v) is 6.56. The Kier molecular flexibility index (Phi) is 7.70. The molecular formula is C26H22ClNO3S2. The third-order valence-electron chi connectivity index (χ3n) is 4.93. The second-order valence-corrected chi connectivity index (χ2v) is 9.42. The molecule has 7 heteroatoms. The van der Waals surface area contributed by atoms with Gasteiger partial charge in [0.15, 0.2) is 11.5 Å². The van der Waals surface area contributed by atoms with Crippen molar-refractivity contribution in [1.82, 2.24) is 4.90 Å². The van der Waals surface area contributed by atoms with E-state index in [1.807, 2.05) is 85.8 Å². The monoisotopic (exact) mass is 495 g/mol. The molecule has 1 fully saturated rings. The zero-order valence-corrected chi connectivity index (χ0v) is 20.4. The second kappa shape index (κ2) is 10.9. The van der Waals surface area contributed by atoms with Gasteiger partial charge in [0.1, 0.15) is 10.9 Å². The molecule has 1 aliphatic rings. The van der Waals surface area contributed by atoms with Crippen LogP contribution < -0.4 is 9.47 Å². The van der Waals surface area contributed by atoms with Crippen molar-refractivity contribution >= 4 is 51.9 Å². The molecule has 0 atom stereocenters. The molecule has 3 aromatic carbocycles. The van der Waals surface area contributed by atoms with Crippen LogP contribution in [0, 0.1) is 0 Å². The van der Waals surface area contributed by atoms with Gasteiger partial charge in [0.05, 0.1) is 18.1 Å². The van der Waals surface area contributed by atoms with E-state index in [1.54, 1.807) is 4.90 Å². The minimum Gasteiger partial charge on any atom is -0.490 e. The molecule has 4 rings (SSSR count). The van der Waals surface area contributed by atoms with Crippen LogP contribution in [0.15, 0.2) is 77.7 Å². The molecule has 0 aromatic heterocycles. The number of thiocarbonyl (C=S) groups is 1. The van der Waals surface area contributed by atoms with E-state index in [-0.39, 0.29) is 5.91 Å². The van der Waals surface area contributed by atoms with Crippen LogP contribution in [-0.4, -0.2) is 21.7 Å². The largest absolute Gasteiger partial charge is 0.490 e. The standard InChI is InChI=1S/C26H22ClNO3S2/c1-2-30-23-14-20(10-13-22(23)31-17-19-8-11-21(27)12-9-19)15-24-25(29)28(26(32)33-24)16-18-6-4-3-5-7-18/h3-15H,2,16-17H2,1H3/b24-15-. The van der Waals surface area contributed by atoms with E-state index in [0.29, 0.717) is 45.5 Å². The average Bonchev–Trinajstić information content (AvgIpc) is 3.08. The molecule has 0 bridgehead atoms. The van der Waals surface area contributed by atoms with E-state index in [0.717, 1.165) is 16.7 Å². The maximum atomic E-state index is 13.0. The molecule has 168 valence electrons. The van der Waals surface area contributed by atoms with Crippen LogP contribution in [0.2, 0.25) is 5.02 Å². The summed E-state index contributed by atoms with van der Waals surface area (Å²) in [6.07, 6.45) is 1.84. The Morgan fingerprint density at radius 2 is 1.73 bits per heavy atom. The highest BCUT2D eigenvalue weighted by molar-refractivity contribution is 8.26. The summed E-state index contributed by atoms with van der Waals surface area (Å²) < 4.78 is 12.3. The fourth-order valence-electron chi connectivity index (χ4n) is 3.30. The minimum absolute atomic E-state index is 0.0881. The molecule has 0 spiro atoms. The maximum absolute atomic E-state index is 13.0. The van der Waals surface area contributed by atoms with Crippen molar-refractivity contribution < 1.29 is 14.3 Å². The van der Waals surface area contributed by atoms with Crippen molar-refractivity contribution in [3.05, 3.63) is 99.4 Å². The van der Waals surface area contributed by atoms with Gasteiger partial charge < -0.3 is 9.47 Å². The molecule has 4 nitrogen and oxygen atoms in total. The molecule has 3 aromatic rings. The Hall–Kier alpha value is -2.80. The first-order chi connectivity index (χ1) is 16.0. The van der Waals surface area contributed by atoms with Gasteiger partial charge in [-0.05, 0) is 54.0 Å². The Morgan fingerprint density at radius 3 is 2.45 bits per heavy atom. The lowest BCUT2D eigenvalue weighted by molar-refractivity contribution is -0.122. The van der Waals surface area contributed by atoms with Gasteiger partial charge in [-0.2, -0.15) is 0 Å². The van der Waals surface area contributed by atoms with Crippen molar-refractivity contribution in [2.45, 2.75) is 20.1 Å². The molecule has 1 aliphatic heterocycles. The number of nitrogens with zero attached hydrogens (tertiary/aromatic N) is 1. The first-order valence-corrected chi connectivity index (χ1v) is 12.1. The summed E-state index contributed by atoms with van der Waals surface area (Å²) in [5.41, 5.74) is 2.89. The molecule has 1 heterocycles. The van der Waals surface area contributed by atoms with E-state index in [2.05, 4.69) is 0 Å². The molecule has 33 heavy (non-hydrogen) atoms. The smallest absolute Gasteiger partial charge is 0.266 e. The van der Waals surface area contributed by atoms with E-state index >= 15 is 0 Å². The summed E-state index contributed by atoms with van der Waals surface area (Å²) in [4.78, 5) is 15.2. The van der Waals surface area contributed by atoms with Gasteiger partial charge in [0.25, 0.3) is 5.91 Å². The van der Waals surface area contributed by atoms with Crippen LogP contribution >= 0.6 is 35.6 Å². The zero-order chi connectivity index (χ0) is 23.2. The van der Waals surface area contributed by atoms with Crippen molar-refractivity contribution in [3.8, 4) is 11.5 Å². The van der Waals surface area contributed by atoms with Gasteiger partial charge >= 0.3 is 0 Å². The number of rotatable bonds is 8. The number of halogens is 1. The fourth-order valence-corrected chi connectivity index (χ4v) is 4.68. The summed E-state index contributed by atoms with van der Waals surface area (Å²) in [6.45, 7) is 3.28. The number of hydrogen-bond acceptors (Lipinski definition) is 5. The highest BCUT2D eigenvalue weighted by Gasteiger charge is 2.32. The van der Waals surface area contributed by atoms with E-state index < -0.39 is 0 Å². The molecule has 0 aliphatic carbocycles. The summed E-state index contributed by atoms with van der Waals surface area (Å²) >= 11 is 12.7. The van der Waals surface area contributed by atoms with Crippen LogP contribution in [0.25, 0.3) is 6.08 Å². The molecule has 1 amide bonds. The van der Waals surface area contributed by atoms with Gasteiger partial charge in [-0.3, -0.25) is 9.69 Å². The van der Waals surface area contributed by atoms with Gasteiger partial charge in [-0.25, -0.2) is 0 Å². The van der Waals surface area contributed by atoms with Gasteiger partial charge in [-0.1, -0.05) is 84.1 Å². The Balaban J connectivity index is 1.50. The van der Waals surface area contributed by atoms with Crippen LogP contribution in [0.5, 0.6) is 11.5 Å². The van der Waals surface area contributed by atoms with Gasteiger partial charge in [0.2, 0.25) is 0 Å². The number of benzene rings is 3. The van der Waals surface area contributed by atoms with E-state index in [1.165, 1.54) is 11.8 Å². The van der Waals surface area contributed by atoms with Crippen molar-refractivity contribution in [3.63, 3.8) is 0 Å². The number of amides is 1. The maximum Gasteiger partial charge on any atom is 0.266 e. The number of carbonyl (C=O) groups is 1. The predicted molar refractivity (Wildman–Crippen MR) is 139 cm³/mol. The van der Waals surface area contributed by atoms with Crippen molar-refractivity contribution in [1.29, 1.82) is 0 Å². The SMILES string of the molecule is CCOc1cc(/C=C2\SC(=S)N(Cc3ccccc3)C2=O)ccc1OCc1ccc(Cl)cc1. The van der Waals surface area contributed by atoms with E-state index in [9.17, 15) is 4.79 Å². The fraction of sp³-hybridized carbons (Fsp3) is 0.154. The Bertz CT molecular complexity index is 1180. The lowest BCUT2D eigenvalue weighted by Gasteiger charge is -2.14. The summed E-state index contributed by atoms with van der Waals surface area (Å²) in [5.74, 6) is 1.18. The summed E-state index contributed by atoms with van der Waals surface area (Å²) in [5, 5.41) is 0.687. The highest BCUT2D eigenvalue weighted by atomic mass is 35.5. The Morgan fingerprint density at radius 1 is 0.970 bits per heavy atom. The molecule has 0 radical (unpaired) electrons. The predicted octanol–water partition coefficient (Wildman–Crippen LogP) is 6.72. The molecule has 1 saturated heterocycles. The molecule has 0 saturated carbocycles. The molecule has 0 N–H and O–H groups in total. The first kappa shape index (κ1) is 23.4. The third kappa shape index (κ3) is 5.96. The normalized spacial score (nSPS) is 14.7. The molecular weight excluding hydrogens is 474 g/mol. The van der Waals surface area contributed by atoms with Crippen LogP contribution in [0.3, 0.4) is 0 Å². The van der Waals surface area contributed by atoms with Gasteiger partial charge in [0, 0.05) is 5.02 Å². The Labute approximate surface area is 208 Å². The van der Waals surface area contributed by atoms with Crippen LogP contribution in [0.1, 0.15) is 23.6 Å². The quantitative estimate of drug-likeness (QED) is 0.256. The van der Waals surface area contributed by atoms with Crippen molar-refractivity contribution in [2.75, 3.05) is 6.61 Å². The lowest BCUT2D eigenvalue weighted by Crippen LogP contribution is -2.27.